The van der Waals surface area contributed by atoms with Crippen LogP contribution < -0.4 is 11.1 Å². The summed E-state index contributed by atoms with van der Waals surface area (Å²) in [6.07, 6.45) is 3.89. The molecule has 0 spiro atoms. The SMILES string of the molecule is CN1CC[C@@](O)(c2cc(-c3cccc(-c4ncc(NC5CC5)c(C(N)=O)n4)c3)no2)C1=O. The monoisotopic (exact) mass is 434 g/mol. The van der Waals surface area contributed by atoms with Crippen molar-refractivity contribution in [3.63, 3.8) is 0 Å². The van der Waals surface area contributed by atoms with E-state index in [-0.39, 0.29) is 17.9 Å². The zero-order valence-electron chi connectivity index (χ0n) is 17.4. The highest BCUT2D eigenvalue weighted by molar-refractivity contribution is 5.96. The number of aliphatic hydroxyl groups is 1. The molecule has 2 aromatic heterocycles. The van der Waals surface area contributed by atoms with Crippen LogP contribution in [0.2, 0.25) is 0 Å². The summed E-state index contributed by atoms with van der Waals surface area (Å²) in [5.41, 5.74) is 6.29. The molecule has 5 rings (SSSR count). The smallest absolute Gasteiger partial charge is 0.269 e. The molecular weight excluding hydrogens is 412 g/mol. The van der Waals surface area contributed by atoms with Crippen molar-refractivity contribution in [3.8, 4) is 22.6 Å². The first-order valence-corrected chi connectivity index (χ1v) is 10.3. The summed E-state index contributed by atoms with van der Waals surface area (Å²) in [4.78, 5) is 34.5. The Kier molecular flexibility index (Phi) is 4.66. The number of likely N-dealkylation sites (N-methyl/N-ethyl adjacent to an activating group) is 1. The maximum absolute atomic E-state index is 12.3. The van der Waals surface area contributed by atoms with Crippen molar-refractivity contribution >= 4 is 17.5 Å². The highest BCUT2D eigenvalue weighted by Crippen LogP contribution is 2.35. The van der Waals surface area contributed by atoms with Gasteiger partial charge in [0.2, 0.25) is 5.60 Å². The number of hydrogen-bond donors (Lipinski definition) is 3. The first kappa shape index (κ1) is 20.1. The Morgan fingerprint density at radius 3 is 2.78 bits per heavy atom. The predicted molar refractivity (Wildman–Crippen MR) is 114 cm³/mol. The van der Waals surface area contributed by atoms with Crippen LogP contribution in [0, 0.1) is 0 Å². The number of aromatic nitrogens is 3. The molecule has 1 aromatic carbocycles. The molecule has 1 saturated carbocycles. The molecule has 1 saturated heterocycles. The Hall–Kier alpha value is -3.79. The molecule has 1 atom stereocenters. The third-order valence-electron chi connectivity index (χ3n) is 5.80. The number of benzene rings is 1. The van der Waals surface area contributed by atoms with Gasteiger partial charge in [-0.15, -0.1) is 0 Å². The van der Waals surface area contributed by atoms with Crippen molar-refractivity contribution in [3.05, 3.63) is 48.0 Å². The predicted octanol–water partition coefficient (Wildman–Crippen LogP) is 1.52. The fraction of sp³-hybridized carbons (Fsp3) is 0.318. The number of carbonyl (C=O) groups is 2. The van der Waals surface area contributed by atoms with Gasteiger partial charge in [-0.1, -0.05) is 23.4 Å². The number of nitrogens with two attached hydrogens (primary N) is 1. The second-order valence-corrected chi connectivity index (χ2v) is 8.23. The molecule has 2 aliphatic rings. The van der Waals surface area contributed by atoms with E-state index in [1.54, 1.807) is 31.4 Å². The molecule has 164 valence electrons. The summed E-state index contributed by atoms with van der Waals surface area (Å²) in [6.45, 7) is 0.436. The van der Waals surface area contributed by atoms with E-state index in [0.29, 0.717) is 40.9 Å². The van der Waals surface area contributed by atoms with Gasteiger partial charge in [-0.25, -0.2) is 9.97 Å². The molecule has 1 aliphatic carbocycles. The van der Waals surface area contributed by atoms with Crippen molar-refractivity contribution in [1.82, 2.24) is 20.0 Å². The number of nitrogens with zero attached hydrogens (tertiary/aromatic N) is 4. The van der Waals surface area contributed by atoms with Gasteiger partial charge in [-0.2, -0.15) is 0 Å². The van der Waals surface area contributed by atoms with Crippen LogP contribution in [0.1, 0.15) is 35.5 Å². The van der Waals surface area contributed by atoms with Gasteiger partial charge in [0.25, 0.3) is 11.8 Å². The molecule has 4 N–H and O–H groups in total. The summed E-state index contributed by atoms with van der Waals surface area (Å²) in [5, 5.41) is 18.0. The average molecular weight is 434 g/mol. The van der Waals surface area contributed by atoms with Crippen LogP contribution in [0.3, 0.4) is 0 Å². The maximum atomic E-state index is 12.3. The molecule has 2 fully saturated rings. The Morgan fingerprint density at radius 1 is 1.31 bits per heavy atom. The maximum Gasteiger partial charge on any atom is 0.269 e. The van der Waals surface area contributed by atoms with Crippen LogP contribution in [0.5, 0.6) is 0 Å². The summed E-state index contributed by atoms with van der Waals surface area (Å²) in [6, 6.07) is 9.11. The van der Waals surface area contributed by atoms with Crippen LogP contribution in [0.15, 0.2) is 41.1 Å². The molecular formula is C22H22N6O4. The average Bonchev–Trinajstić information content (AvgIpc) is 3.39. The Labute approximate surface area is 183 Å². The van der Waals surface area contributed by atoms with Crippen LogP contribution >= 0.6 is 0 Å². The van der Waals surface area contributed by atoms with E-state index in [2.05, 4.69) is 20.4 Å². The summed E-state index contributed by atoms with van der Waals surface area (Å²) >= 11 is 0. The normalized spacial score (nSPS) is 20.6. The first-order chi connectivity index (χ1) is 15.3. The summed E-state index contributed by atoms with van der Waals surface area (Å²) in [7, 11) is 1.63. The van der Waals surface area contributed by atoms with E-state index in [0.717, 1.165) is 12.8 Å². The molecule has 0 bridgehead atoms. The highest BCUT2D eigenvalue weighted by atomic mass is 16.5. The molecule has 3 aromatic rings. The zero-order chi connectivity index (χ0) is 22.5. The van der Waals surface area contributed by atoms with Crippen LogP contribution in [-0.2, 0) is 10.4 Å². The zero-order valence-corrected chi connectivity index (χ0v) is 17.4. The van der Waals surface area contributed by atoms with Crippen LogP contribution in [-0.4, -0.2) is 56.6 Å². The largest absolute Gasteiger partial charge is 0.379 e. The number of anilines is 1. The van der Waals surface area contributed by atoms with Crippen molar-refractivity contribution in [2.45, 2.75) is 30.9 Å². The Balaban J connectivity index is 1.46. The molecule has 3 heterocycles. The lowest BCUT2D eigenvalue weighted by Crippen LogP contribution is -2.35. The Morgan fingerprint density at radius 2 is 2.09 bits per heavy atom. The van der Waals surface area contributed by atoms with Gasteiger partial charge in [0.1, 0.15) is 5.69 Å². The van der Waals surface area contributed by atoms with E-state index < -0.39 is 17.4 Å². The van der Waals surface area contributed by atoms with Gasteiger partial charge in [0.05, 0.1) is 11.9 Å². The molecule has 10 heteroatoms. The van der Waals surface area contributed by atoms with Gasteiger partial charge in [0.15, 0.2) is 17.3 Å². The van der Waals surface area contributed by atoms with E-state index in [1.807, 2.05) is 12.1 Å². The second kappa shape index (κ2) is 7.41. The fourth-order valence-corrected chi connectivity index (χ4v) is 3.77. The number of primary amides is 1. The minimum Gasteiger partial charge on any atom is -0.379 e. The Bertz CT molecular complexity index is 1220. The molecule has 32 heavy (non-hydrogen) atoms. The van der Waals surface area contributed by atoms with Crippen molar-refractivity contribution in [2.75, 3.05) is 18.9 Å². The summed E-state index contributed by atoms with van der Waals surface area (Å²) in [5.74, 6) is -0.596. The number of carbonyl (C=O) groups excluding carboxylic acids is 2. The molecule has 10 nitrogen and oxygen atoms in total. The van der Waals surface area contributed by atoms with Crippen molar-refractivity contribution in [2.24, 2.45) is 5.73 Å². The van der Waals surface area contributed by atoms with Gasteiger partial charge in [0, 0.05) is 43.2 Å². The van der Waals surface area contributed by atoms with Gasteiger partial charge in [-0.05, 0) is 18.9 Å². The highest BCUT2D eigenvalue weighted by Gasteiger charge is 2.48. The molecule has 0 unspecified atom stereocenters. The lowest BCUT2D eigenvalue weighted by atomic mass is 9.98. The van der Waals surface area contributed by atoms with Crippen LogP contribution in [0.25, 0.3) is 22.6 Å². The van der Waals surface area contributed by atoms with E-state index in [4.69, 9.17) is 10.3 Å². The van der Waals surface area contributed by atoms with E-state index >= 15 is 0 Å². The van der Waals surface area contributed by atoms with Crippen molar-refractivity contribution in [1.29, 1.82) is 0 Å². The molecule has 2 amide bonds. The molecule has 1 aliphatic heterocycles. The van der Waals surface area contributed by atoms with Crippen molar-refractivity contribution < 1.29 is 19.2 Å². The topological polar surface area (TPSA) is 147 Å². The van der Waals surface area contributed by atoms with E-state index in [9.17, 15) is 14.7 Å². The van der Waals surface area contributed by atoms with Gasteiger partial charge in [-0.3, -0.25) is 9.59 Å². The van der Waals surface area contributed by atoms with E-state index in [1.165, 1.54) is 4.90 Å². The van der Waals surface area contributed by atoms with Gasteiger partial charge < -0.3 is 25.6 Å². The lowest BCUT2D eigenvalue weighted by molar-refractivity contribution is -0.144. The number of likely N-dealkylation sites (tertiary alicyclic amines) is 1. The van der Waals surface area contributed by atoms with Crippen LogP contribution in [0.4, 0.5) is 5.69 Å². The first-order valence-electron chi connectivity index (χ1n) is 10.3. The lowest BCUT2D eigenvalue weighted by Gasteiger charge is -2.16. The number of hydrogen-bond acceptors (Lipinski definition) is 8. The fourth-order valence-electron chi connectivity index (χ4n) is 3.77. The standard InChI is InChI=1S/C22H22N6O4/c1-28-8-7-22(31,21(28)30)17-10-15(27-32-17)12-3-2-4-13(9-12)20-24-11-16(25-14-5-6-14)18(26-20)19(23)29/h2-4,9-11,14,25,31H,5-8H2,1H3,(H2,23,29)/t22-/m1/s1. The second-order valence-electron chi connectivity index (χ2n) is 8.23. The number of rotatable bonds is 6. The quantitative estimate of drug-likeness (QED) is 0.529. The molecule has 0 radical (unpaired) electrons. The third kappa shape index (κ3) is 3.48. The minimum atomic E-state index is -1.71. The van der Waals surface area contributed by atoms with Gasteiger partial charge >= 0.3 is 0 Å². The summed E-state index contributed by atoms with van der Waals surface area (Å²) < 4.78 is 5.33. The minimum absolute atomic E-state index is 0.107. The number of nitrogens with one attached hydrogen (secondary N) is 1. The number of amides is 2. The third-order valence-corrected chi connectivity index (χ3v) is 5.80.